The monoisotopic (exact) mass is 298 g/mol. The van der Waals surface area contributed by atoms with Crippen LogP contribution in [0.3, 0.4) is 0 Å². The summed E-state index contributed by atoms with van der Waals surface area (Å²) in [5.74, 6) is -0.306. The molecule has 0 atom stereocenters. The van der Waals surface area contributed by atoms with Crippen LogP contribution in [0.25, 0.3) is 11.4 Å². The number of amides is 1. The molecule has 7 heteroatoms. The van der Waals surface area contributed by atoms with Gasteiger partial charge >= 0.3 is 6.01 Å². The highest BCUT2D eigenvalue weighted by molar-refractivity contribution is 5.90. The highest BCUT2D eigenvalue weighted by atomic mass is 19.1. The van der Waals surface area contributed by atoms with E-state index in [4.69, 9.17) is 4.52 Å². The molecule has 3 aromatic rings. The number of carbonyl (C=O) groups is 1. The molecule has 3 rings (SSSR count). The second-order valence-corrected chi connectivity index (χ2v) is 4.51. The molecule has 0 saturated heterocycles. The summed E-state index contributed by atoms with van der Waals surface area (Å²) in [6.45, 7) is 0. The molecule has 2 aromatic heterocycles. The third-order valence-electron chi connectivity index (χ3n) is 2.89. The maximum Gasteiger partial charge on any atom is 0.328 e. The van der Waals surface area contributed by atoms with Gasteiger partial charge in [-0.15, -0.1) is 0 Å². The number of anilines is 1. The SMILES string of the molecule is O=C(Cc1ccc(F)cc1)Nc1nc(-c2ccncc2)no1. The lowest BCUT2D eigenvalue weighted by molar-refractivity contribution is -0.115. The lowest BCUT2D eigenvalue weighted by atomic mass is 10.1. The Kier molecular flexibility index (Phi) is 3.86. The van der Waals surface area contributed by atoms with Crippen LogP contribution in [0.2, 0.25) is 0 Å². The van der Waals surface area contributed by atoms with Crippen molar-refractivity contribution in [3.05, 3.63) is 60.2 Å². The maximum atomic E-state index is 12.8. The fourth-order valence-electron chi connectivity index (χ4n) is 1.84. The molecule has 0 bridgehead atoms. The van der Waals surface area contributed by atoms with E-state index >= 15 is 0 Å². The van der Waals surface area contributed by atoms with Crippen molar-refractivity contribution in [2.75, 3.05) is 5.32 Å². The molecular weight excluding hydrogens is 287 g/mol. The summed E-state index contributed by atoms with van der Waals surface area (Å²) in [7, 11) is 0. The van der Waals surface area contributed by atoms with E-state index in [1.807, 2.05) is 0 Å². The highest BCUT2D eigenvalue weighted by Gasteiger charge is 2.11. The van der Waals surface area contributed by atoms with E-state index in [1.54, 1.807) is 36.7 Å². The molecule has 0 aliphatic carbocycles. The highest BCUT2D eigenvalue weighted by Crippen LogP contribution is 2.16. The van der Waals surface area contributed by atoms with Crippen LogP contribution >= 0.6 is 0 Å². The predicted octanol–water partition coefficient (Wildman–Crippen LogP) is 2.45. The van der Waals surface area contributed by atoms with Crippen molar-refractivity contribution in [3.63, 3.8) is 0 Å². The number of nitrogens with one attached hydrogen (secondary N) is 1. The van der Waals surface area contributed by atoms with E-state index in [2.05, 4.69) is 20.4 Å². The summed E-state index contributed by atoms with van der Waals surface area (Å²) in [6.07, 6.45) is 3.31. The number of hydrogen-bond acceptors (Lipinski definition) is 5. The second kappa shape index (κ2) is 6.13. The topological polar surface area (TPSA) is 80.9 Å². The average Bonchev–Trinajstić information content (AvgIpc) is 2.99. The number of pyridine rings is 1. The van der Waals surface area contributed by atoms with Crippen LogP contribution in [0, 0.1) is 5.82 Å². The Labute approximate surface area is 125 Å². The molecule has 1 N–H and O–H groups in total. The molecule has 0 aliphatic rings. The van der Waals surface area contributed by atoms with E-state index in [0.717, 1.165) is 5.56 Å². The Hall–Kier alpha value is -3.09. The molecule has 0 spiro atoms. The molecule has 2 heterocycles. The molecule has 6 nitrogen and oxygen atoms in total. The fourth-order valence-corrected chi connectivity index (χ4v) is 1.84. The first-order valence-electron chi connectivity index (χ1n) is 6.49. The van der Waals surface area contributed by atoms with Crippen molar-refractivity contribution in [2.24, 2.45) is 0 Å². The molecule has 0 unspecified atom stereocenters. The standard InChI is InChI=1S/C15H11FN4O2/c16-12-3-1-10(2-4-12)9-13(21)18-15-19-14(20-22-15)11-5-7-17-8-6-11/h1-8H,9H2,(H,18,19,20,21). The van der Waals surface area contributed by atoms with E-state index in [1.165, 1.54) is 12.1 Å². The van der Waals surface area contributed by atoms with Crippen molar-refractivity contribution in [3.8, 4) is 11.4 Å². The van der Waals surface area contributed by atoms with Gasteiger partial charge in [-0.3, -0.25) is 15.1 Å². The molecule has 1 amide bonds. The first kappa shape index (κ1) is 13.9. The molecule has 0 fully saturated rings. The third-order valence-corrected chi connectivity index (χ3v) is 2.89. The summed E-state index contributed by atoms with van der Waals surface area (Å²) >= 11 is 0. The van der Waals surface area contributed by atoms with Gasteiger partial charge in [0.05, 0.1) is 6.42 Å². The third kappa shape index (κ3) is 3.32. The molecule has 110 valence electrons. The van der Waals surface area contributed by atoms with E-state index < -0.39 is 0 Å². The van der Waals surface area contributed by atoms with Gasteiger partial charge in [-0.05, 0) is 29.8 Å². The summed E-state index contributed by atoms with van der Waals surface area (Å²) in [6, 6.07) is 9.17. The van der Waals surface area contributed by atoms with Crippen LogP contribution < -0.4 is 5.32 Å². The van der Waals surface area contributed by atoms with Gasteiger partial charge in [-0.1, -0.05) is 17.3 Å². The van der Waals surface area contributed by atoms with Crippen molar-refractivity contribution < 1.29 is 13.7 Å². The van der Waals surface area contributed by atoms with E-state index in [0.29, 0.717) is 11.4 Å². The molecular formula is C15H11FN4O2. The zero-order valence-electron chi connectivity index (χ0n) is 11.4. The average molecular weight is 298 g/mol. The normalized spacial score (nSPS) is 10.4. The summed E-state index contributed by atoms with van der Waals surface area (Å²) < 4.78 is 17.8. The van der Waals surface area contributed by atoms with Crippen LogP contribution in [0.1, 0.15) is 5.56 Å². The van der Waals surface area contributed by atoms with Crippen molar-refractivity contribution in [1.82, 2.24) is 15.1 Å². The zero-order valence-corrected chi connectivity index (χ0v) is 11.4. The van der Waals surface area contributed by atoms with Crippen molar-refractivity contribution in [1.29, 1.82) is 0 Å². The van der Waals surface area contributed by atoms with Crippen LogP contribution in [0.4, 0.5) is 10.4 Å². The Morgan fingerprint density at radius 1 is 1.14 bits per heavy atom. The first-order valence-corrected chi connectivity index (χ1v) is 6.49. The van der Waals surface area contributed by atoms with Crippen molar-refractivity contribution in [2.45, 2.75) is 6.42 Å². The van der Waals surface area contributed by atoms with Gasteiger partial charge in [0, 0.05) is 18.0 Å². The van der Waals surface area contributed by atoms with Gasteiger partial charge in [0.15, 0.2) is 0 Å². The summed E-state index contributed by atoms with van der Waals surface area (Å²) in [4.78, 5) is 19.8. The van der Waals surface area contributed by atoms with Gasteiger partial charge in [0.1, 0.15) is 5.82 Å². The lowest BCUT2D eigenvalue weighted by Crippen LogP contribution is -2.14. The smallest absolute Gasteiger partial charge is 0.315 e. The number of halogens is 1. The van der Waals surface area contributed by atoms with Gasteiger partial charge in [-0.2, -0.15) is 4.98 Å². The number of nitrogens with zero attached hydrogens (tertiary/aromatic N) is 3. The first-order chi connectivity index (χ1) is 10.7. The van der Waals surface area contributed by atoms with E-state index in [9.17, 15) is 9.18 Å². The fraction of sp³-hybridized carbons (Fsp3) is 0.0667. The molecule has 22 heavy (non-hydrogen) atoms. The minimum Gasteiger partial charge on any atom is -0.315 e. The number of hydrogen-bond donors (Lipinski definition) is 1. The Bertz CT molecular complexity index is 772. The molecule has 0 radical (unpaired) electrons. The summed E-state index contributed by atoms with van der Waals surface area (Å²) in [5, 5.41) is 6.29. The van der Waals surface area contributed by atoms with Crippen molar-refractivity contribution >= 4 is 11.9 Å². The number of rotatable bonds is 4. The van der Waals surface area contributed by atoms with Gasteiger partial charge in [0.2, 0.25) is 11.7 Å². The largest absolute Gasteiger partial charge is 0.328 e. The van der Waals surface area contributed by atoms with Crippen LogP contribution in [0.15, 0.2) is 53.3 Å². The minimum atomic E-state index is -0.344. The zero-order chi connectivity index (χ0) is 15.4. The number of benzene rings is 1. The minimum absolute atomic E-state index is 0.0129. The van der Waals surface area contributed by atoms with Crippen LogP contribution in [-0.2, 0) is 11.2 Å². The van der Waals surface area contributed by atoms with Gasteiger partial charge in [0.25, 0.3) is 0 Å². The number of aromatic nitrogens is 3. The Morgan fingerprint density at radius 3 is 2.59 bits per heavy atom. The van der Waals surface area contributed by atoms with Gasteiger partial charge in [-0.25, -0.2) is 4.39 Å². The number of carbonyl (C=O) groups excluding carboxylic acids is 1. The second-order valence-electron chi connectivity index (χ2n) is 4.51. The van der Waals surface area contributed by atoms with E-state index in [-0.39, 0.29) is 24.2 Å². The maximum absolute atomic E-state index is 12.8. The molecule has 1 aromatic carbocycles. The van der Waals surface area contributed by atoms with Gasteiger partial charge < -0.3 is 4.52 Å². The summed E-state index contributed by atoms with van der Waals surface area (Å²) in [5.41, 5.74) is 1.42. The molecule has 0 saturated carbocycles. The van der Waals surface area contributed by atoms with Crippen LogP contribution in [0.5, 0.6) is 0 Å². The van der Waals surface area contributed by atoms with Crippen LogP contribution in [-0.4, -0.2) is 21.0 Å². The molecule has 0 aliphatic heterocycles. The lowest BCUT2D eigenvalue weighted by Gasteiger charge is -2.00. The Morgan fingerprint density at radius 2 is 1.86 bits per heavy atom. The quantitative estimate of drug-likeness (QED) is 0.800. The Balaban J connectivity index is 1.65. The predicted molar refractivity (Wildman–Crippen MR) is 76.3 cm³/mol.